The highest BCUT2D eigenvalue weighted by atomic mass is 32.1. The molecule has 12 nitrogen and oxygen atoms in total. The fourth-order valence-corrected chi connectivity index (χ4v) is 5.68. The zero-order valence-electron chi connectivity index (χ0n) is 20.1. The average Bonchev–Trinajstić information content (AvgIpc) is 3.70. The van der Waals surface area contributed by atoms with E-state index in [1.165, 1.54) is 29.4 Å². The highest BCUT2D eigenvalue weighted by molar-refractivity contribution is 7.13. The van der Waals surface area contributed by atoms with Crippen LogP contribution in [0.4, 0.5) is 5.13 Å². The van der Waals surface area contributed by atoms with Crippen molar-refractivity contribution in [3.8, 4) is 10.8 Å². The van der Waals surface area contributed by atoms with Gasteiger partial charge >= 0.3 is 5.97 Å². The Morgan fingerprint density at radius 3 is 2.89 bits per heavy atom. The lowest BCUT2D eigenvalue weighted by Gasteiger charge is -2.50. The quantitative estimate of drug-likeness (QED) is 0.133. The molecule has 3 N–H and O–H groups in total. The van der Waals surface area contributed by atoms with Gasteiger partial charge in [-0.15, -0.1) is 22.7 Å². The maximum absolute atomic E-state index is 13.3. The van der Waals surface area contributed by atoms with Crippen LogP contribution >= 0.6 is 22.7 Å². The molecule has 5 rings (SSSR count). The van der Waals surface area contributed by atoms with Crippen molar-refractivity contribution < 1.29 is 28.4 Å². The molecule has 38 heavy (non-hydrogen) atoms. The zero-order valence-corrected chi connectivity index (χ0v) is 21.7. The maximum atomic E-state index is 13.3. The molecule has 14 heteroatoms. The molecule has 2 aliphatic heterocycles. The number of carbonyl (C=O) groups is 3. The van der Waals surface area contributed by atoms with E-state index >= 15 is 0 Å². The molecule has 2 atom stereocenters. The first-order chi connectivity index (χ1) is 18.4. The van der Waals surface area contributed by atoms with Crippen LogP contribution in [0.1, 0.15) is 24.2 Å². The number of carbonyl (C=O) groups excluding carboxylic acids is 3. The fourth-order valence-electron chi connectivity index (χ4n) is 4.33. The SMILES string of the molecule is C=CCOC(=O)C1=C(c2csc(-c3ccco3)n2)CC[C@@H]2[C@H](NC(=O)/C(=N\OC)c3csc(N)n3)C(=O)N12. The molecule has 5 heterocycles. The standard InChI is InChI=1S/C24H22N6O6S2/c1-3-8-36-23(33)19-12(13-10-37-21(26-13)16-5-4-9-35-16)6-7-15-18(22(32)30(15)19)28-20(31)17(29-34-2)14-11-38-24(25)27-14/h3-5,9-11,15,18H,1,6-8H2,2H3,(H2,25,27)(H,28,31)/b29-17-/t15-,18+/m1/s1. The van der Waals surface area contributed by atoms with E-state index in [-0.39, 0.29) is 28.8 Å². The minimum atomic E-state index is -0.876. The van der Waals surface area contributed by atoms with E-state index in [0.29, 0.717) is 34.9 Å². The summed E-state index contributed by atoms with van der Waals surface area (Å²) in [6.07, 6.45) is 3.91. The van der Waals surface area contributed by atoms with Crippen LogP contribution in [0.25, 0.3) is 16.3 Å². The molecule has 0 saturated carbocycles. The number of nitrogens with zero attached hydrogens (tertiary/aromatic N) is 4. The lowest BCUT2D eigenvalue weighted by atomic mass is 9.82. The Kier molecular flexibility index (Phi) is 7.07. The van der Waals surface area contributed by atoms with Crippen LogP contribution in [0.5, 0.6) is 0 Å². The number of fused-ring (bicyclic) bond motifs is 1. The van der Waals surface area contributed by atoms with E-state index in [1.807, 2.05) is 5.38 Å². The van der Waals surface area contributed by atoms with Crippen molar-refractivity contribution in [3.05, 3.63) is 58.9 Å². The number of nitrogens with two attached hydrogens (primary N) is 1. The Hall–Kier alpha value is -4.30. The van der Waals surface area contributed by atoms with Gasteiger partial charge in [-0.3, -0.25) is 14.5 Å². The second kappa shape index (κ2) is 10.6. The summed E-state index contributed by atoms with van der Waals surface area (Å²) in [5, 5.41) is 10.7. The van der Waals surface area contributed by atoms with Crippen LogP contribution < -0.4 is 11.1 Å². The summed E-state index contributed by atoms with van der Waals surface area (Å²) in [5.74, 6) is -1.18. The van der Waals surface area contributed by atoms with E-state index < -0.39 is 29.9 Å². The number of oxime groups is 1. The predicted octanol–water partition coefficient (Wildman–Crippen LogP) is 2.42. The minimum absolute atomic E-state index is 0.0230. The molecule has 0 radical (unpaired) electrons. The van der Waals surface area contributed by atoms with Gasteiger partial charge in [0.05, 0.1) is 18.0 Å². The second-order valence-electron chi connectivity index (χ2n) is 8.19. The molecule has 0 unspecified atom stereocenters. The number of ether oxygens (including phenoxy) is 1. The highest BCUT2D eigenvalue weighted by Crippen LogP contribution is 2.42. The fraction of sp³-hybridized carbons (Fsp3) is 0.250. The first kappa shape index (κ1) is 25.4. The molecule has 1 fully saturated rings. The number of hydrogen-bond acceptors (Lipinski definition) is 12. The van der Waals surface area contributed by atoms with Crippen LogP contribution in [0.15, 0.2) is 57.1 Å². The van der Waals surface area contributed by atoms with Gasteiger partial charge in [-0.2, -0.15) is 0 Å². The van der Waals surface area contributed by atoms with E-state index in [0.717, 1.165) is 11.3 Å². The van der Waals surface area contributed by atoms with Gasteiger partial charge in [0.1, 0.15) is 31.1 Å². The number of amides is 2. The third kappa shape index (κ3) is 4.59. The van der Waals surface area contributed by atoms with Gasteiger partial charge in [0.25, 0.3) is 11.8 Å². The van der Waals surface area contributed by atoms with Crippen molar-refractivity contribution >= 4 is 56.9 Å². The van der Waals surface area contributed by atoms with Crippen LogP contribution in [-0.2, 0) is 24.0 Å². The van der Waals surface area contributed by atoms with Crippen molar-refractivity contribution in [1.29, 1.82) is 0 Å². The summed E-state index contributed by atoms with van der Waals surface area (Å²) in [6, 6.07) is 2.21. The Balaban J connectivity index is 1.42. The number of anilines is 1. The number of furan rings is 1. The summed E-state index contributed by atoms with van der Waals surface area (Å²) in [4.78, 5) is 54.3. The van der Waals surface area contributed by atoms with E-state index in [2.05, 4.69) is 27.0 Å². The number of aromatic nitrogens is 2. The topological polar surface area (TPSA) is 162 Å². The van der Waals surface area contributed by atoms with Crippen molar-refractivity contribution in [1.82, 2.24) is 20.2 Å². The molecule has 0 bridgehead atoms. The molecule has 0 aromatic carbocycles. The molecule has 3 aromatic rings. The summed E-state index contributed by atoms with van der Waals surface area (Å²) < 4.78 is 10.7. The van der Waals surface area contributed by atoms with Crippen molar-refractivity contribution in [3.63, 3.8) is 0 Å². The smallest absolute Gasteiger partial charge is 0.355 e. The first-order valence-corrected chi connectivity index (χ1v) is 13.2. The molecule has 2 amide bonds. The number of hydrogen-bond donors (Lipinski definition) is 2. The van der Waals surface area contributed by atoms with Gasteiger partial charge in [-0.25, -0.2) is 14.8 Å². The molecule has 196 valence electrons. The number of esters is 1. The van der Waals surface area contributed by atoms with Gasteiger partial charge in [-0.05, 0) is 25.0 Å². The van der Waals surface area contributed by atoms with Gasteiger partial charge in [0.2, 0.25) is 0 Å². The number of nitrogens with one attached hydrogen (secondary N) is 1. The number of allylic oxidation sites excluding steroid dienone is 1. The van der Waals surface area contributed by atoms with Gasteiger partial charge in [0, 0.05) is 16.3 Å². The van der Waals surface area contributed by atoms with Crippen LogP contribution in [0.2, 0.25) is 0 Å². The van der Waals surface area contributed by atoms with Crippen LogP contribution in [0.3, 0.4) is 0 Å². The summed E-state index contributed by atoms with van der Waals surface area (Å²) in [7, 11) is 1.30. The Morgan fingerprint density at radius 1 is 1.37 bits per heavy atom. The Labute approximate surface area is 224 Å². The zero-order chi connectivity index (χ0) is 26.8. The predicted molar refractivity (Wildman–Crippen MR) is 140 cm³/mol. The third-order valence-corrected chi connectivity index (χ3v) is 7.49. The summed E-state index contributed by atoms with van der Waals surface area (Å²) in [5.41, 5.74) is 7.04. The molecule has 1 saturated heterocycles. The van der Waals surface area contributed by atoms with E-state index in [1.54, 1.807) is 23.8 Å². The molecule has 2 aliphatic rings. The molecular formula is C24H22N6O6S2. The number of thiazole rings is 2. The molecular weight excluding hydrogens is 532 g/mol. The first-order valence-electron chi connectivity index (χ1n) is 11.4. The second-order valence-corrected chi connectivity index (χ2v) is 9.94. The highest BCUT2D eigenvalue weighted by Gasteiger charge is 2.54. The Bertz CT molecular complexity index is 1460. The van der Waals surface area contributed by atoms with E-state index in [4.69, 9.17) is 19.7 Å². The van der Waals surface area contributed by atoms with Gasteiger partial charge in [0.15, 0.2) is 21.6 Å². The monoisotopic (exact) mass is 554 g/mol. The van der Waals surface area contributed by atoms with Crippen molar-refractivity contribution in [2.24, 2.45) is 5.16 Å². The lowest BCUT2D eigenvalue weighted by Crippen LogP contribution is -2.72. The van der Waals surface area contributed by atoms with Crippen LogP contribution in [0, 0.1) is 0 Å². The summed E-state index contributed by atoms with van der Waals surface area (Å²) >= 11 is 2.50. The van der Waals surface area contributed by atoms with E-state index in [9.17, 15) is 14.4 Å². The molecule has 0 aliphatic carbocycles. The van der Waals surface area contributed by atoms with Crippen molar-refractivity contribution in [2.75, 3.05) is 19.5 Å². The molecule has 3 aromatic heterocycles. The summed E-state index contributed by atoms with van der Waals surface area (Å²) in [6.45, 7) is 3.55. The largest absolute Gasteiger partial charge is 0.462 e. The number of rotatable bonds is 9. The molecule has 0 spiro atoms. The average molecular weight is 555 g/mol. The lowest BCUT2D eigenvalue weighted by molar-refractivity contribution is -0.156. The maximum Gasteiger partial charge on any atom is 0.355 e. The third-order valence-electron chi connectivity index (χ3n) is 5.96. The normalized spacial score (nSPS) is 19.0. The minimum Gasteiger partial charge on any atom is -0.462 e. The number of β-lactam (4-membered cyclic amide) rings is 1. The van der Waals surface area contributed by atoms with Crippen molar-refractivity contribution in [2.45, 2.75) is 24.9 Å². The van der Waals surface area contributed by atoms with Gasteiger partial charge < -0.3 is 25.0 Å². The van der Waals surface area contributed by atoms with Crippen LogP contribution in [-0.4, -0.2) is 64.2 Å². The van der Waals surface area contributed by atoms with Gasteiger partial charge in [-0.1, -0.05) is 17.8 Å². The Morgan fingerprint density at radius 2 is 2.21 bits per heavy atom. The number of nitrogen functional groups attached to an aromatic ring is 1.